The van der Waals surface area contributed by atoms with Gasteiger partial charge in [0.15, 0.2) is 11.5 Å². The third-order valence-corrected chi connectivity index (χ3v) is 4.82. The topological polar surface area (TPSA) is 85.9 Å². The first kappa shape index (κ1) is 21.2. The van der Waals surface area contributed by atoms with Gasteiger partial charge in [0.2, 0.25) is 0 Å². The number of allylic oxidation sites excluding steroid dienone is 1. The Morgan fingerprint density at radius 3 is 2.50 bits per heavy atom. The summed E-state index contributed by atoms with van der Waals surface area (Å²) in [5, 5.41) is 5.56. The van der Waals surface area contributed by atoms with Crippen LogP contribution < -0.4 is 20.1 Å². The summed E-state index contributed by atoms with van der Waals surface area (Å²) in [4.78, 5) is 24.8. The molecule has 1 atom stereocenters. The van der Waals surface area contributed by atoms with E-state index in [1.807, 2.05) is 37.3 Å². The van der Waals surface area contributed by atoms with E-state index in [0.717, 1.165) is 12.0 Å². The smallest absolute Gasteiger partial charge is 0.337 e. The van der Waals surface area contributed by atoms with Crippen molar-refractivity contribution in [1.82, 2.24) is 10.6 Å². The Hall–Kier alpha value is -3.48. The number of hydrogen-bond acceptors (Lipinski definition) is 5. The zero-order valence-electron chi connectivity index (χ0n) is 17.4. The molecular weight excluding hydrogens is 384 g/mol. The third kappa shape index (κ3) is 4.74. The van der Waals surface area contributed by atoms with Crippen LogP contribution in [-0.4, -0.2) is 26.2 Å². The summed E-state index contributed by atoms with van der Waals surface area (Å²) in [5.41, 5.74) is 2.67. The molecule has 158 valence electrons. The largest absolute Gasteiger partial charge is 0.493 e. The minimum absolute atomic E-state index is 0.361. The predicted molar refractivity (Wildman–Crippen MR) is 112 cm³/mol. The molecule has 0 radical (unpaired) electrons. The lowest BCUT2D eigenvalue weighted by molar-refractivity contribution is -0.136. The van der Waals surface area contributed by atoms with E-state index in [2.05, 4.69) is 10.6 Å². The van der Waals surface area contributed by atoms with E-state index < -0.39 is 12.0 Å². The third-order valence-electron chi connectivity index (χ3n) is 4.82. The molecule has 1 unspecified atom stereocenters. The fraction of sp³-hybridized carbons (Fsp3) is 0.304. The van der Waals surface area contributed by atoms with Crippen LogP contribution in [0.4, 0.5) is 4.79 Å². The van der Waals surface area contributed by atoms with Crippen molar-refractivity contribution in [3.63, 3.8) is 0 Å². The van der Waals surface area contributed by atoms with Crippen molar-refractivity contribution in [3.05, 3.63) is 70.9 Å². The molecule has 0 saturated heterocycles. The standard InChI is InChI=1S/C23H26N2O5/c1-4-8-17-20(22(26)29-3)21(25-23(27)24-17)16-11-12-18(28-2)19(13-16)30-14-15-9-6-5-7-10-15/h5-7,9-13,21H,4,8,14H2,1-3H3,(H2,24,25,27). The molecule has 1 aliphatic heterocycles. The highest BCUT2D eigenvalue weighted by Crippen LogP contribution is 2.35. The Morgan fingerprint density at radius 1 is 1.07 bits per heavy atom. The van der Waals surface area contributed by atoms with Crippen molar-refractivity contribution in [2.75, 3.05) is 14.2 Å². The van der Waals surface area contributed by atoms with Crippen molar-refractivity contribution < 1.29 is 23.8 Å². The molecule has 3 rings (SSSR count). The van der Waals surface area contributed by atoms with Gasteiger partial charge in [-0.2, -0.15) is 0 Å². The van der Waals surface area contributed by atoms with Crippen LogP contribution in [0.2, 0.25) is 0 Å². The molecule has 2 N–H and O–H groups in total. The molecule has 1 heterocycles. The molecular formula is C23H26N2O5. The second-order valence-electron chi connectivity index (χ2n) is 6.85. The Kier molecular flexibility index (Phi) is 6.95. The van der Waals surface area contributed by atoms with Crippen LogP contribution in [0.5, 0.6) is 11.5 Å². The lowest BCUT2D eigenvalue weighted by atomic mass is 9.93. The maximum Gasteiger partial charge on any atom is 0.337 e. The van der Waals surface area contributed by atoms with Gasteiger partial charge < -0.3 is 24.8 Å². The van der Waals surface area contributed by atoms with E-state index in [-0.39, 0.29) is 6.03 Å². The molecule has 0 spiro atoms. The van der Waals surface area contributed by atoms with Crippen LogP contribution in [0.1, 0.15) is 36.9 Å². The number of rotatable bonds is 8. The molecule has 7 heteroatoms. The van der Waals surface area contributed by atoms with Crippen LogP contribution in [0, 0.1) is 0 Å². The first-order chi connectivity index (χ1) is 14.6. The second-order valence-corrected chi connectivity index (χ2v) is 6.85. The number of ether oxygens (including phenoxy) is 3. The molecule has 0 aliphatic carbocycles. The van der Waals surface area contributed by atoms with Crippen LogP contribution in [0.25, 0.3) is 0 Å². The average molecular weight is 410 g/mol. The monoisotopic (exact) mass is 410 g/mol. The molecule has 2 amide bonds. The van der Waals surface area contributed by atoms with E-state index in [0.29, 0.717) is 41.4 Å². The molecule has 2 aromatic carbocycles. The highest BCUT2D eigenvalue weighted by atomic mass is 16.5. The van der Waals surface area contributed by atoms with Crippen molar-refractivity contribution in [1.29, 1.82) is 0 Å². The second kappa shape index (κ2) is 9.82. The van der Waals surface area contributed by atoms with E-state index in [1.165, 1.54) is 7.11 Å². The quantitative estimate of drug-likeness (QED) is 0.646. The Balaban J connectivity index is 1.97. The SMILES string of the molecule is CCCC1=C(C(=O)OC)C(c2ccc(OC)c(OCc3ccccc3)c2)NC(=O)N1. The van der Waals surface area contributed by atoms with Gasteiger partial charge in [-0.1, -0.05) is 49.7 Å². The summed E-state index contributed by atoms with van der Waals surface area (Å²) in [6.07, 6.45) is 1.33. The molecule has 2 aromatic rings. The van der Waals surface area contributed by atoms with Gasteiger partial charge >= 0.3 is 12.0 Å². The van der Waals surface area contributed by atoms with Gasteiger partial charge in [0.25, 0.3) is 0 Å². The summed E-state index contributed by atoms with van der Waals surface area (Å²) >= 11 is 0. The zero-order valence-corrected chi connectivity index (χ0v) is 17.4. The first-order valence-electron chi connectivity index (χ1n) is 9.80. The molecule has 1 aliphatic rings. The van der Waals surface area contributed by atoms with Gasteiger partial charge in [-0.25, -0.2) is 9.59 Å². The van der Waals surface area contributed by atoms with Crippen molar-refractivity contribution >= 4 is 12.0 Å². The van der Waals surface area contributed by atoms with Crippen molar-refractivity contribution in [3.8, 4) is 11.5 Å². The van der Waals surface area contributed by atoms with Crippen LogP contribution in [0.15, 0.2) is 59.8 Å². The van der Waals surface area contributed by atoms with Gasteiger partial charge in [-0.15, -0.1) is 0 Å². The van der Waals surface area contributed by atoms with E-state index in [4.69, 9.17) is 14.2 Å². The number of hydrogen-bond donors (Lipinski definition) is 2. The van der Waals surface area contributed by atoms with E-state index in [1.54, 1.807) is 25.3 Å². The first-order valence-corrected chi connectivity index (χ1v) is 9.80. The normalized spacial score (nSPS) is 15.8. The molecule has 0 bridgehead atoms. The summed E-state index contributed by atoms with van der Waals surface area (Å²) in [5.74, 6) is 0.596. The number of esters is 1. The summed E-state index contributed by atoms with van der Waals surface area (Å²) in [7, 11) is 2.89. The fourth-order valence-corrected chi connectivity index (χ4v) is 3.39. The van der Waals surface area contributed by atoms with E-state index in [9.17, 15) is 9.59 Å². The fourth-order valence-electron chi connectivity index (χ4n) is 3.39. The van der Waals surface area contributed by atoms with E-state index >= 15 is 0 Å². The molecule has 7 nitrogen and oxygen atoms in total. The number of methoxy groups -OCH3 is 2. The Bertz CT molecular complexity index is 940. The van der Waals surface area contributed by atoms with Gasteiger partial charge in [-0.05, 0) is 29.7 Å². The highest BCUT2D eigenvalue weighted by Gasteiger charge is 2.33. The molecule has 0 aromatic heterocycles. The lowest BCUT2D eigenvalue weighted by Gasteiger charge is -2.29. The highest BCUT2D eigenvalue weighted by molar-refractivity contribution is 5.95. The van der Waals surface area contributed by atoms with Gasteiger partial charge in [0, 0.05) is 5.70 Å². The zero-order chi connectivity index (χ0) is 21.5. The maximum absolute atomic E-state index is 12.5. The number of carbonyl (C=O) groups excluding carboxylic acids is 2. The van der Waals surface area contributed by atoms with Gasteiger partial charge in [0.1, 0.15) is 6.61 Å². The Labute approximate surface area is 176 Å². The van der Waals surface area contributed by atoms with Crippen LogP contribution >= 0.6 is 0 Å². The van der Waals surface area contributed by atoms with Crippen LogP contribution in [-0.2, 0) is 16.1 Å². The average Bonchev–Trinajstić information content (AvgIpc) is 2.77. The minimum Gasteiger partial charge on any atom is -0.493 e. The number of benzene rings is 2. The number of carbonyl (C=O) groups is 2. The Morgan fingerprint density at radius 2 is 1.83 bits per heavy atom. The molecule has 0 fully saturated rings. The van der Waals surface area contributed by atoms with Gasteiger partial charge in [0.05, 0.1) is 25.8 Å². The lowest BCUT2D eigenvalue weighted by Crippen LogP contribution is -2.45. The summed E-state index contributed by atoms with van der Waals surface area (Å²) in [6, 6.07) is 14.1. The number of urea groups is 1. The van der Waals surface area contributed by atoms with Crippen LogP contribution in [0.3, 0.4) is 0 Å². The maximum atomic E-state index is 12.5. The molecule has 30 heavy (non-hydrogen) atoms. The predicted octanol–water partition coefficient (Wildman–Crippen LogP) is 3.86. The minimum atomic E-state index is -0.655. The van der Waals surface area contributed by atoms with Crippen molar-refractivity contribution in [2.24, 2.45) is 0 Å². The number of nitrogens with one attached hydrogen (secondary N) is 2. The summed E-state index contributed by atoms with van der Waals surface area (Å²) < 4.78 is 16.4. The van der Waals surface area contributed by atoms with Crippen molar-refractivity contribution in [2.45, 2.75) is 32.4 Å². The number of amides is 2. The molecule has 0 saturated carbocycles. The summed E-state index contributed by atoms with van der Waals surface area (Å²) in [6.45, 7) is 2.34. The van der Waals surface area contributed by atoms with Gasteiger partial charge in [-0.3, -0.25) is 0 Å².